The summed E-state index contributed by atoms with van der Waals surface area (Å²) in [6, 6.07) is 2.25. The van der Waals surface area contributed by atoms with E-state index in [0.717, 1.165) is 25.9 Å². The molecule has 6 nitrogen and oxygen atoms in total. The van der Waals surface area contributed by atoms with Crippen molar-refractivity contribution in [3.05, 3.63) is 18.5 Å². The van der Waals surface area contributed by atoms with Crippen molar-refractivity contribution in [2.45, 2.75) is 42.7 Å². The maximum Gasteiger partial charge on any atom is 0.244 e. The second kappa shape index (κ2) is 5.90. The second-order valence-corrected chi connectivity index (χ2v) is 7.48. The van der Waals surface area contributed by atoms with Crippen LogP contribution in [0.1, 0.15) is 25.7 Å². The Hall–Kier alpha value is -1.18. The Bertz CT molecular complexity index is 605. The van der Waals surface area contributed by atoms with Gasteiger partial charge in [-0.2, -0.15) is 0 Å². The highest BCUT2D eigenvalue weighted by Gasteiger charge is 2.34. The minimum absolute atomic E-state index is 0.0271. The van der Waals surface area contributed by atoms with Crippen molar-refractivity contribution in [1.82, 2.24) is 14.6 Å². The lowest BCUT2D eigenvalue weighted by atomic mass is 9.99. The van der Waals surface area contributed by atoms with E-state index in [-0.39, 0.29) is 10.9 Å². The molecule has 3 rings (SSSR count). The molecule has 0 saturated carbocycles. The molecule has 0 bridgehead atoms. The zero-order valence-corrected chi connectivity index (χ0v) is 13.1. The van der Waals surface area contributed by atoms with Gasteiger partial charge in [0.25, 0.3) is 0 Å². The first-order valence-electron chi connectivity index (χ1n) is 7.48. The third-order valence-corrected chi connectivity index (χ3v) is 6.03. The van der Waals surface area contributed by atoms with E-state index in [4.69, 9.17) is 0 Å². The van der Waals surface area contributed by atoms with Gasteiger partial charge >= 0.3 is 0 Å². The molecular formula is C14H22N4O2S. The predicted octanol–water partition coefficient (Wildman–Crippen LogP) is 1.03. The Labute approximate surface area is 126 Å². The Balaban J connectivity index is 1.74. The fourth-order valence-corrected chi connectivity index (χ4v) is 4.85. The molecule has 2 unspecified atom stereocenters. The molecule has 1 aromatic heterocycles. The SMILES string of the molecule is CNc1ccncc1S(=O)(=O)NC1CCN2CCCC2C1. The average Bonchev–Trinajstić information content (AvgIpc) is 2.94. The standard InChI is InChI=1S/C14H22N4O2S/c1-15-13-4-6-16-10-14(13)21(19,20)17-11-5-8-18-7-2-3-12(18)9-11/h4,6,10-12,17H,2-3,5,7-9H2,1H3,(H,15,16). The molecule has 21 heavy (non-hydrogen) atoms. The minimum atomic E-state index is -3.52. The van der Waals surface area contributed by atoms with Gasteiger partial charge < -0.3 is 10.2 Å². The number of hydrogen-bond donors (Lipinski definition) is 2. The molecule has 2 saturated heterocycles. The Morgan fingerprint density at radius 3 is 3.00 bits per heavy atom. The maximum atomic E-state index is 12.6. The van der Waals surface area contributed by atoms with E-state index in [9.17, 15) is 8.42 Å². The third-order valence-electron chi connectivity index (χ3n) is 4.49. The lowest BCUT2D eigenvalue weighted by Gasteiger charge is -2.35. The summed E-state index contributed by atoms with van der Waals surface area (Å²) in [5.41, 5.74) is 0.579. The van der Waals surface area contributed by atoms with E-state index in [1.54, 1.807) is 19.3 Å². The summed E-state index contributed by atoms with van der Waals surface area (Å²) in [5.74, 6) is 0. The number of rotatable bonds is 4. The van der Waals surface area contributed by atoms with Crippen molar-refractivity contribution in [3.8, 4) is 0 Å². The number of piperidine rings is 1. The summed E-state index contributed by atoms with van der Waals surface area (Å²) in [7, 11) is -1.81. The van der Waals surface area contributed by atoms with Crippen LogP contribution in [0, 0.1) is 0 Å². The van der Waals surface area contributed by atoms with Crippen LogP contribution in [0.15, 0.2) is 23.4 Å². The quantitative estimate of drug-likeness (QED) is 0.869. The molecule has 0 radical (unpaired) electrons. The molecule has 0 spiro atoms. The van der Waals surface area contributed by atoms with Gasteiger partial charge in [-0.15, -0.1) is 0 Å². The molecule has 0 aromatic carbocycles. The van der Waals surface area contributed by atoms with Crippen molar-refractivity contribution in [1.29, 1.82) is 0 Å². The molecule has 2 aliphatic rings. The van der Waals surface area contributed by atoms with E-state index in [1.807, 2.05) is 0 Å². The lowest BCUT2D eigenvalue weighted by Crippen LogP contribution is -2.47. The van der Waals surface area contributed by atoms with Crippen molar-refractivity contribution in [3.63, 3.8) is 0 Å². The number of pyridine rings is 1. The fourth-order valence-electron chi connectivity index (χ4n) is 3.41. The molecular weight excluding hydrogens is 288 g/mol. The summed E-state index contributed by atoms with van der Waals surface area (Å²) in [6.45, 7) is 2.15. The van der Waals surface area contributed by atoms with Crippen LogP contribution in [0.3, 0.4) is 0 Å². The molecule has 2 N–H and O–H groups in total. The summed E-state index contributed by atoms with van der Waals surface area (Å²) >= 11 is 0. The molecule has 2 fully saturated rings. The van der Waals surface area contributed by atoms with Crippen molar-refractivity contribution < 1.29 is 8.42 Å². The molecule has 0 amide bonds. The number of nitrogens with one attached hydrogen (secondary N) is 2. The van der Waals surface area contributed by atoms with Crippen LogP contribution in [-0.2, 0) is 10.0 Å². The highest BCUT2D eigenvalue weighted by atomic mass is 32.2. The molecule has 2 atom stereocenters. The van der Waals surface area contributed by atoms with Crippen LogP contribution in [0.2, 0.25) is 0 Å². The topological polar surface area (TPSA) is 74.3 Å². The van der Waals surface area contributed by atoms with Gasteiger partial charge in [0, 0.05) is 31.5 Å². The smallest absolute Gasteiger partial charge is 0.244 e. The summed E-state index contributed by atoms with van der Waals surface area (Å²) < 4.78 is 28.0. The predicted molar refractivity (Wildman–Crippen MR) is 81.7 cm³/mol. The van der Waals surface area contributed by atoms with Gasteiger partial charge in [-0.3, -0.25) is 4.98 Å². The van der Waals surface area contributed by atoms with Gasteiger partial charge in [-0.05, 0) is 44.8 Å². The van der Waals surface area contributed by atoms with E-state index in [1.165, 1.54) is 19.0 Å². The fraction of sp³-hybridized carbons (Fsp3) is 0.643. The largest absolute Gasteiger partial charge is 0.387 e. The first-order chi connectivity index (χ1) is 10.1. The van der Waals surface area contributed by atoms with Crippen LogP contribution in [0.25, 0.3) is 0 Å². The molecule has 2 aliphatic heterocycles. The van der Waals surface area contributed by atoms with Gasteiger partial charge in [-0.25, -0.2) is 13.1 Å². The zero-order chi connectivity index (χ0) is 14.9. The monoisotopic (exact) mass is 310 g/mol. The number of aromatic nitrogens is 1. The lowest BCUT2D eigenvalue weighted by molar-refractivity contribution is 0.176. The Morgan fingerprint density at radius 1 is 1.33 bits per heavy atom. The highest BCUT2D eigenvalue weighted by molar-refractivity contribution is 7.89. The Morgan fingerprint density at radius 2 is 2.19 bits per heavy atom. The molecule has 116 valence electrons. The van der Waals surface area contributed by atoms with Crippen LogP contribution in [0.5, 0.6) is 0 Å². The highest BCUT2D eigenvalue weighted by Crippen LogP contribution is 2.28. The van der Waals surface area contributed by atoms with Gasteiger partial charge in [0.2, 0.25) is 10.0 Å². The summed E-state index contributed by atoms with van der Waals surface area (Å²) in [6.07, 6.45) is 7.20. The van der Waals surface area contributed by atoms with E-state index >= 15 is 0 Å². The number of hydrogen-bond acceptors (Lipinski definition) is 5. The normalized spacial score (nSPS) is 26.5. The maximum absolute atomic E-state index is 12.6. The van der Waals surface area contributed by atoms with Crippen molar-refractivity contribution >= 4 is 15.7 Å². The van der Waals surface area contributed by atoms with Crippen LogP contribution in [0.4, 0.5) is 5.69 Å². The molecule has 3 heterocycles. The third kappa shape index (κ3) is 3.04. The summed E-state index contributed by atoms with van der Waals surface area (Å²) in [5, 5.41) is 2.91. The zero-order valence-electron chi connectivity index (χ0n) is 12.2. The molecule has 1 aromatic rings. The van der Waals surface area contributed by atoms with Crippen LogP contribution >= 0.6 is 0 Å². The number of nitrogens with zero attached hydrogens (tertiary/aromatic N) is 2. The molecule has 7 heteroatoms. The Kier molecular flexibility index (Phi) is 4.14. The number of anilines is 1. The van der Waals surface area contributed by atoms with E-state index < -0.39 is 10.0 Å². The van der Waals surface area contributed by atoms with E-state index in [0.29, 0.717) is 11.7 Å². The number of sulfonamides is 1. The summed E-state index contributed by atoms with van der Waals surface area (Å²) in [4.78, 5) is 6.64. The van der Waals surface area contributed by atoms with Gasteiger partial charge in [0.15, 0.2) is 0 Å². The van der Waals surface area contributed by atoms with Gasteiger partial charge in [0.1, 0.15) is 4.90 Å². The van der Waals surface area contributed by atoms with Crippen molar-refractivity contribution in [2.75, 3.05) is 25.5 Å². The second-order valence-electron chi connectivity index (χ2n) is 5.80. The van der Waals surface area contributed by atoms with Gasteiger partial charge in [-0.1, -0.05) is 0 Å². The minimum Gasteiger partial charge on any atom is -0.387 e. The van der Waals surface area contributed by atoms with E-state index in [2.05, 4.69) is 19.9 Å². The average molecular weight is 310 g/mol. The van der Waals surface area contributed by atoms with Crippen molar-refractivity contribution in [2.24, 2.45) is 0 Å². The van der Waals surface area contributed by atoms with Crippen LogP contribution in [-0.4, -0.2) is 50.5 Å². The van der Waals surface area contributed by atoms with Gasteiger partial charge in [0.05, 0.1) is 5.69 Å². The first kappa shape index (κ1) is 14.7. The molecule has 0 aliphatic carbocycles. The van der Waals surface area contributed by atoms with Crippen LogP contribution < -0.4 is 10.0 Å². The first-order valence-corrected chi connectivity index (χ1v) is 8.96. The number of fused-ring (bicyclic) bond motifs is 1.